The summed E-state index contributed by atoms with van der Waals surface area (Å²) >= 11 is 0. The van der Waals surface area contributed by atoms with Gasteiger partial charge in [0.2, 0.25) is 6.36 Å². The standard InChI is InChI=1S/C26H21FO7/c27-23-22(34-26(30)19-14-8-3-9-15-19)21(33-25(29)18-12-6-2-7-13-18)20(32-23)16-31-24(28)17-10-4-1-5-11-17/h1-15,20-23H,16H2/t20-,21-,22-,23?/m1/s1. The Hall–Kier alpha value is -4.04. The molecule has 0 spiro atoms. The highest BCUT2D eigenvalue weighted by molar-refractivity contribution is 5.90. The quantitative estimate of drug-likeness (QED) is 0.386. The number of carbonyl (C=O) groups excluding carboxylic acids is 3. The van der Waals surface area contributed by atoms with Gasteiger partial charge >= 0.3 is 17.9 Å². The van der Waals surface area contributed by atoms with E-state index < -0.39 is 49.2 Å². The molecule has 0 bridgehead atoms. The lowest BCUT2D eigenvalue weighted by atomic mass is 10.1. The number of esters is 3. The zero-order valence-corrected chi connectivity index (χ0v) is 17.9. The summed E-state index contributed by atoms with van der Waals surface area (Å²) in [6.45, 7) is -0.416. The average molecular weight is 464 g/mol. The molecule has 1 aliphatic heterocycles. The Morgan fingerprint density at radius 2 is 1.06 bits per heavy atom. The molecule has 4 atom stereocenters. The SMILES string of the molecule is O=C(OC[C@H]1OC(F)[C@H](OC(=O)c2ccccc2)[C@@H]1OC(=O)c1ccccc1)c1ccccc1. The molecule has 1 heterocycles. The van der Waals surface area contributed by atoms with E-state index in [2.05, 4.69) is 0 Å². The highest BCUT2D eigenvalue weighted by atomic mass is 19.1. The highest BCUT2D eigenvalue weighted by Crippen LogP contribution is 2.30. The van der Waals surface area contributed by atoms with Gasteiger partial charge in [-0.25, -0.2) is 18.8 Å². The van der Waals surface area contributed by atoms with Gasteiger partial charge in [0, 0.05) is 0 Å². The Labute approximate surface area is 195 Å². The molecule has 7 nitrogen and oxygen atoms in total. The van der Waals surface area contributed by atoms with Crippen LogP contribution < -0.4 is 0 Å². The Morgan fingerprint density at radius 3 is 1.53 bits per heavy atom. The summed E-state index contributed by atoms with van der Waals surface area (Å²) in [5.74, 6) is -2.22. The second-order valence-corrected chi connectivity index (χ2v) is 7.46. The molecule has 0 amide bonds. The Kier molecular flexibility index (Phi) is 7.29. The number of hydrogen-bond donors (Lipinski definition) is 0. The van der Waals surface area contributed by atoms with Gasteiger partial charge in [0.25, 0.3) is 0 Å². The lowest BCUT2D eigenvalue weighted by Gasteiger charge is -2.23. The second-order valence-electron chi connectivity index (χ2n) is 7.46. The van der Waals surface area contributed by atoms with Crippen molar-refractivity contribution in [1.29, 1.82) is 0 Å². The van der Waals surface area contributed by atoms with Crippen molar-refractivity contribution in [1.82, 2.24) is 0 Å². The molecule has 3 aromatic rings. The summed E-state index contributed by atoms with van der Waals surface area (Å²) < 4.78 is 36.2. The first-order chi connectivity index (χ1) is 16.5. The molecule has 1 aliphatic rings. The number of alkyl halides is 1. The van der Waals surface area contributed by atoms with Crippen molar-refractivity contribution in [3.63, 3.8) is 0 Å². The van der Waals surface area contributed by atoms with Crippen LogP contribution in [0.25, 0.3) is 0 Å². The molecule has 0 N–H and O–H groups in total. The molecule has 174 valence electrons. The minimum atomic E-state index is -2.10. The first-order valence-electron chi connectivity index (χ1n) is 10.6. The molecule has 0 aromatic heterocycles. The van der Waals surface area contributed by atoms with E-state index in [-0.39, 0.29) is 11.1 Å². The number of carbonyl (C=O) groups is 3. The predicted octanol–water partition coefficient (Wildman–Crippen LogP) is 3.99. The van der Waals surface area contributed by atoms with Crippen LogP contribution >= 0.6 is 0 Å². The molecular weight excluding hydrogens is 443 g/mol. The van der Waals surface area contributed by atoms with Crippen LogP contribution in [0.3, 0.4) is 0 Å². The van der Waals surface area contributed by atoms with Gasteiger partial charge in [-0.2, -0.15) is 0 Å². The van der Waals surface area contributed by atoms with Crippen molar-refractivity contribution in [3.8, 4) is 0 Å². The lowest BCUT2D eigenvalue weighted by Crippen LogP contribution is -2.41. The van der Waals surface area contributed by atoms with Gasteiger partial charge in [-0.05, 0) is 36.4 Å². The third-order valence-electron chi connectivity index (χ3n) is 5.15. The van der Waals surface area contributed by atoms with E-state index in [4.69, 9.17) is 18.9 Å². The van der Waals surface area contributed by atoms with Crippen molar-refractivity contribution in [2.24, 2.45) is 0 Å². The number of hydrogen-bond acceptors (Lipinski definition) is 7. The van der Waals surface area contributed by atoms with Gasteiger partial charge in [-0.15, -0.1) is 0 Å². The number of ether oxygens (including phenoxy) is 4. The summed E-state index contributed by atoms with van der Waals surface area (Å²) in [7, 11) is 0. The van der Waals surface area contributed by atoms with E-state index in [1.807, 2.05) is 0 Å². The molecule has 34 heavy (non-hydrogen) atoms. The largest absolute Gasteiger partial charge is 0.459 e. The van der Waals surface area contributed by atoms with E-state index in [1.54, 1.807) is 66.7 Å². The van der Waals surface area contributed by atoms with Crippen molar-refractivity contribution in [2.45, 2.75) is 24.7 Å². The van der Waals surface area contributed by atoms with Crippen LogP contribution in [0.1, 0.15) is 31.1 Å². The van der Waals surface area contributed by atoms with Crippen LogP contribution in [0, 0.1) is 0 Å². The summed E-state index contributed by atoms with van der Waals surface area (Å²) in [4.78, 5) is 37.5. The van der Waals surface area contributed by atoms with Crippen LogP contribution in [0.2, 0.25) is 0 Å². The molecule has 1 fully saturated rings. The van der Waals surface area contributed by atoms with Gasteiger partial charge in [-0.1, -0.05) is 54.6 Å². The van der Waals surface area contributed by atoms with Crippen LogP contribution in [-0.4, -0.2) is 49.2 Å². The van der Waals surface area contributed by atoms with E-state index in [0.29, 0.717) is 5.56 Å². The summed E-state index contributed by atoms with van der Waals surface area (Å²) in [5, 5.41) is 0. The molecule has 8 heteroatoms. The molecule has 0 aliphatic carbocycles. The zero-order chi connectivity index (χ0) is 23.9. The summed E-state index contributed by atoms with van der Waals surface area (Å²) in [5.41, 5.74) is 0.710. The smallest absolute Gasteiger partial charge is 0.338 e. The molecule has 4 rings (SSSR count). The third kappa shape index (κ3) is 5.47. The molecule has 0 radical (unpaired) electrons. The van der Waals surface area contributed by atoms with E-state index in [1.165, 1.54) is 24.3 Å². The van der Waals surface area contributed by atoms with Crippen LogP contribution in [0.15, 0.2) is 91.0 Å². The maximum Gasteiger partial charge on any atom is 0.338 e. The van der Waals surface area contributed by atoms with Crippen molar-refractivity contribution in [3.05, 3.63) is 108 Å². The van der Waals surface area contributed by atoms with Crippen molar-refractivity contribution in [2.75, 3.05) is 6.61 Å². The van der Waals surface area contributed by atoms with Crippen molar-refractivity contribution >= 4 is 17.9 Å². The van der Waals surface area contributed by atoms with Gasteiger partial charge in [-0.3, -0.25) is 0 Å². The van der Waals surface area contributed by atoms with E-state index in [9.17, 15) is 18.8 Å². The predicted molar refractivity (Wildman–Crippen MR) is 118 cm³/mol. The fourth-order valence-corrected chi connectivity index (χ4v) is 3.43. The summed E-state index contributed by atoms with van der Waals surface area (Å²) in [6.07, 6.45) is -6.19. The van der Waals surface area contributed by atoms with Gasteiger partial charge in [0.1, 0.15) is 12.7 Å². The lowest BCUT2D eigenvalue weighted by molar-refractivity contribution is -0.0884. The first kappa shape index (κ1) is 23.1. The maximum absolute atomic E-state index is 14.8. The molecular formula is C26H21FO7. The minimum absolute atomic E-state index is 0.196. The number of rotatable bonds is 7. The normalized spacial score (nSPS) is 21.4. The number of halogens is 1. The van der Waals surface area contributed by atoms with Crippen molar-refractivity contribution < 1.29 is 37.7 Å². The maximum atomic E-state index is 14.8. The van der Waals surface area contributed by atoms with Gasteiger partial charge in [0.05, 0.1) is 16.7 Å². The monoisotopic (exact) mass is 464 g/mol. The molecule has 0 saturated carbocycles. The Bertz CT molecular complexity index is 1120. The number of benzene rings is 3. The van der Waals surface area contributed by atoms with Gasteiger partial charge < -0.3 is 18.9 Å². The Morgan fingerprint density at radius 1 is 0.647 bits per heavy atom. The second kappa shape index (κ2) is 10.7. The third-order valence-corrected chi connectivity index (χ3v) is 5.15. The Balaban J connectivity index is 1.51. The topological polar surface area (TPSA) is 88.1 Å². The molecule has 1 saturated heterocycles. The van der Waals surface area contributed by atoms with Crippen LogP contribution in [0.5, 0.6) is 0 Å². The zero-order valence-electron chi connectivity index (χ0n) is 17.9. The fourth-order valence-electron chi connectivity index (χ4n) is 3.43. The average Bonchev–Trinajstić information content (AvgIpc) is 3.17. The van der Waals surface area contributed by atoms with Crippen LogP contribution in [-0.2, 0) is 18.9 Å². The summed E-state index contributed by atoms with van der Waals surface area (Å²) in [6, 6.07) is 24.3. The molecule has 1 unspecified atom stereocenters. The fraction of sp³-hybridized carbons (Fsp3) is 0.192. The minimum Gasteiger partial charge on any atom is -0.459 e. The van der Waals surface area contributed by atoms with Gasteiger partial charge in [0.15, 0.2) is 12.2 Å². The van der Waals surface area contributed by atoms with E-state index >= 15 is 0 Å². The first-order valence-corrected chi connectivity index (χ1v) is 10.6. The molecule has 3 aromatic carbocycles. The highest BCUT2D eigenvalue weighted by Gasteiger charge is 2.51. The van der Waals surface area contributed by atoms with E-state index in [0.717, 1.165) is 0 Å². The van der Waals surface area contributed by atoms with Crippen LogP contribution in [0.4, 0.5) is 4.39 Å².